The molecule has 0 aromatic heterocycles. The van der Waals surface area contributed by atoms with E-state index in [0.717, 1.165) is 38.0 Å². The van der Waals surface area contributed by atoms with Gasteiger partial charge in [0.05, 0.1) is 0 Å². The average molecular weight is 432 g/mol. The molecule has 4 heteroatoms. The van der Waals surface area contributed by atoms with Gasteiger partial charge in [-0.25, -0.2) is 0 Å². The monoisotopic (exact) mass is 431 g/mol. The van der Waals surface area contributed by atoms with Crippen LogP contribution in [0.1, 0.15) is 105 Å². The summed E-state index contributed by atoms with van der Waals surface area (Å²) in [5, 5.41) is 12.1. The lowest BCUT2D eigenvalue weighted by Crippen LogP contribution is -2.63. The van der Waals surface area contributed by atoms with E-state index in [2.05, 4.69) is 34.6 Å². The summed E-state index contributed by atoms with van der Waals surface area (Å²) in [7, 11) is 0. The zero-order valence-corrected chi connectivity index (χ0v) is 20.6. The van der Waals surface area contributed by atoms with Crippen molar-refractivity contribution in [3.05, 3.63) is 10.1 Å². The molecule has 0 saturated heterocycles. The Bertz CT molecular complexity index is 705. The maximum atomic E-state index is 13.8. The molecule has 0 amide bonds. The molecule has 31 heavy (non-hydrogen) atoms. The van der Waals surface area contributed by atoms with Gasteiger partial charge >= 0.3 is 0 Å². The third-order valence-corrected chi connectivity index (χ3v) is 10.9. The fraction of sp³-hybridized carbons (Fsp3) is 0.963. The van der Waals surface area contributed by atoms with Crippen LogP contribution in [0.25, 0.3) is 0 Å². The van der Waals surface area contributed by atoms with Gasteiger partial charge in [0.15, 0.2) is 0 Å². The molecule has 0 unspecified atom stereocenters. The van der Waals surface area contributed by atoms with Crippen LogP contribution in [0.4, 0.5) is 0 Å². The fourth-order valence-corrected chi connectivity index (χ4v) is 9.31. The maximum absolute atomic E-state index is 13.8. The number of Topliss-reactive ketones (excluding diaryl/α,β-unsaturated/α-hetero) is 1. The number of ketones is 1. The molecule has 0 radical (unpaired) electrons. The lowest BCUT2D eigenvalue weighted by molar-refractivity contribution is -0.526. The maximum Gasteiger partial charge on any atom is 0.273 e. The second-order valence-corrected chi connectivity index (χ2v) is 12.8. The van der Waals surface area contributed by atoms with Crippen molar-refractivity contribution in [1.29, 1.82) is 0 Å². The van der Waals surface area contributed by atoms with E-state index in [1.807, 2.05) is 0 Å². The van der Waals surface area contributed by atoms with Crippen LogP contribution >= 0.6 is 0 Å². The van der Waals surface area contributed by atoms with Gasteiger partial charge in [0.2, 0.25) is 5.78 Å². The van der Waals surface area contributed by atoms with E-state index in [4.69, 9.17) is 0 Å². The second kappa shape index (κ2) is 8.45. The molecule has 176 valence electrons. The van der Waals surface area contributed by atoms with E-state index in [-0.39, 0.29) is 33.4 Å². The Kier molecular flexibility index (Phi) is 6.33. The van der Waals surface area contributed by atoms with E-state index < -0.39 is 6.04 Å². The standard InChI is InChI=1S/C27H45NO3/c1-17(2)9-8-10-18(3)19-12-13-20-23-21(14-16-27(19,20)5)26(4)15-7-6-11-22(26)24(25(23)29)28(30)31/h17-24H,6-16H2,1-5H3/t18-,19+,20-,21+,22-,23+,24-,26-,27-/m1/s1. The minimum atomic E-state index is -0.948. The first kappa shape index (κ1) is 23.2. The zero-order chi connectivity index (χ0) is 22.6. The van der Waals surface area contributed by atoms with Crippen molar-refractivity contribution in [3.63, 3.8) is 0 Å². The molecule has 4 fully saturated rings. The Morgan fingerprint density at radius 2 is 1.65 bits per heavy atom. The van der Waals surface area contributed by atoms with Crippen molar-refractivity contribution in [2.24, 2.45) is 52.3 Å². The molecule has 4 aliphatic rings. The van der Waals surface area contributed by atoms with Crippen LogP contribution in [-0.4, -0.2) is 16.7 Å². The number of carbonyl (C=O) groups is 1. The Morgan fingerprint density at radius 1 is 0.935 bits per heavy atom. The van der Waals surface area contributed by atoms with Crippen molar-refractivity contribution in [2.75, 3.05) is 0 Å². The third-order valence-electron chi connectivity index (χ3n) is 10.9. The van der Waals surface area contributed by atoms with Gasteiger partial charge in [-0.1, -0.05) is 66.7 Å². The minimum absolute atomic E-state index is 0.0170. The summed E-state index contributed by atoms with van der Waals surface area (Å²) in [5.41, 5.74) is 0.171. The molecule has 9 atom stereocenters. The molecule has 0 bridgehead atoms. The number of rotatable bonds is 6. The fourth-order valence-electron chi connectivity index (χ4n) is 9.31. The Balaban J connectivity index is 1.60. The normalized spacial score (nSPS) is 45.7. The van der Waals surface area contributed by atoms with Crippen LogP contribution in [0.5, 0.6) is 0 Å². The summed E-state index contributed by atoms with van der Waals surface area (Å²) >= 11 is 0. The van der Waals surface area contributed by atoms with Crippen LogP contribution in [-0.2, 0) is 4.79 Å². The van der Waals surface area contributed by atoms with E-state index in [9.17, 15) is 14.9 Å². The molecule has 0 aliphatic heterocycles. The zero-order valence-electron chi connectivity index (χ0n) is 20.6. The van der Waals surface area contributed by atoms with Gasteiger partial charge in [-0.05, 0) is 78.9 Å². The smallest absolute Gasteiger partial charge is 0.273 e. The molecule has 0 N–H and O–H groups in total. The first-order valence-corrected chi connectivity index (χ1v) is 13.3. The number of hydrogen-bond acceptors (Lipinski definition) is 3. The van der Waals surface area contributed by atoms with Crippen molar-refractivity contribution < 1.29 is 9.72 Å². The van der Waals surface area contributed by atoms with E-state index in [1.54, 1.807) is 0 Å². The number of hydrogen-bond donors (Lipinski definition) is 0. The lowest BCUT2D eigenvalue weighted by atomic mass is 9.43. The van der Waals surface area contributed by atoms with Crippen LogP contribution in [0, 0.1) is 62.4 Å². The van der Waals surface area contributed by atoms with Gasteiger partial charge in [-0.2, -0.15) is 0 Å². The minimum Gasteiger partial charge on any atom is -0.292 e. The summed E-state index contributed by atoms with van der Waals surface area (Å²) in [4.78, 5) is 25.7. The molecule has 4 aliphatic carbocycles. The third kappa shape index (κ3) is 3.68. The SMILES string of the molecule is CC(C)CCC[C@@H](C)[C@@H]1CC[C@@H]2[C@@H]3C(=O)[C@H]([N+](=O)[O-])[C@H]4CCCC[C@]4(C)[C@H]3CC[C@@]21C. The molecule has 4 rings (SSSR count). The summed E-state index contributed by atoms with van der Waals surface area (Å²) in [5.74, 6) is 2.76. The summed E-state index contributed by atoms with van der Waals surface area (Å²) in [6, 6.07) is -0.948. The first-order valence-electron chi connectivity index (χ1n) is 13.3. The summed E-state index contributed by atoms with van der Waals surface area (Å²) in [6.07, 6.45) is 12.7. The van der Waals surface area contributed by atoms with Gasteiger partial charge in [0, 0.05) is 16.8 Å². The highest BCUT2D eigenvalue weighted by Gasteiger charge is 2.67. The number of fused-ring (bicyclic) bond motifs is 5. The molecule has 0 aromatic carbocycles. The van der Waals surface area contributed by atoms with Crippen LogP contribution < -0.4 is 0 Å². The molecular weight excluding hydrogens is 386 g/mol. The summed E-state index contributed by atoms with van der Waals surface area (Å²) in [6.45, 7) is 11.8. The predicted molar refractivity (Wildman–Crippen MR) is 124 cm³/mol. The topological polar surface area (TPSA) is 60.2 Å². The summed E-state index contributed by atoms with van der Waals surface area (Å²) < 4.78 is 0. The predicted octanol–water partition coefficient (Wildman–Crippen LogP) is 6.93. The highest BCUT2D eigenvalue weighted by atomic mass is 16.6. The van der Waals surface area contributed by atoms with Crippen molar-refractivity contribution in [3.8, 4) is 0 Å². The number of nitro groups is 1. The average Bonchev–Trinajstić information content (AvgIpc) is 3.05. The Labute approximate surface area is 189 Å². The molecule has 4 saturated carbocycles. The molecule has 4 nitrogen and oxygen atoms in total. The van der Waals surface area contributed by atoms with E-state index >= 15 is 0 Å². The van der Waals surface area contributed by atoms with Gasteiger partial charge < -0.3 is 0 Å². The molecule has 0 heterocycles. The van der Waals surface area contributed by atoms with E-state index in [0.29, 0.717) is 23.7 Å². The highest BCUT2D eigenvalue weighted by Crippen LogP contribution is 2.67. The molecule has 0 aromatic rings. The molecule has 0 spiro atoms. The number of carbonyl (C=O) groups excluding carboxylic acids is 1. The Hall–Kier alpha value is -0.930. The van der Waals surface area contributed by atoms with Crippen LogP contribution in [0.15, 0.2) is 0 Å². The van der Waals surface area contributed by atoms with Gasteiger partial charge in [-0.15, -0.1) is 0 Å². The highest BCUT2D eigenvalue weighted by molar-refractivity contribution is 5.87. The Morgan fingerprint density at radius 3 is 2.32 bits per heavy atom. The van der Waals surface area contributed by atoms with Crippen molar-refractivity contribution in [1.82, 2.24) is 0 Å². The van der Waals surface area contributed by atoms with Gasteiger partial charge in [0.25, 0.3) is 6.04 Å². The largest absolute Gasteiger partial charge is 0.292 e. The van der Waals surface area contributed by atoms with Crippen molar-refractivity contribution >= 4 is 5.78 Å². The van der Waals surface area contributed by atoms with Crippen LogP contribution in [0.2, 0.25) is 0 Å². The number of nitrogens with zero attached hydrogens (tertiary/aromatic N) is 1. The van der Waals surface area contributed by atoms with Gasteiger partial charge in [-0.3, -0.25) is 14.9 Å². The lowest BCUT2D eigenvalue weighted by Gasteiger charge is -2.59. The van der Waals surface area contributed by atoms with Gasteiger partial charge in [0.1, 0.15) is 0 Å². The second-order valence-electron chi connectivity index (χ2n) is 12.8. The van der Waals surface area contributed by atoms with E-state index in [1.165, 1.54) is 38.5 Å². The molecular formula is C27H45NO3. The van der Waals surface area contributed by atoms with Crippen molar-refractivity contribution in [2.45, 2.75) is 111 Å². The quantitative estimate of drug-likeness (QED) is 0.338. The first-order chi connectivity index (χ1) is 14.6. The van der Waals surface area contributed by atoms with Crippen LogP contribution in [0.3, 0.4) is 0 Å².